The maximum Gasteiger partial charge on any atom is 0.226 e. The quantitative estimate of drug-likeness (QED) is 0.586. The van der Waals surface area contributed by atoms with Gasteiger partial charge in [0.05, 0.1) is 17.8 Å². The van der Waals surface area contributed by atoms with E-state index in [-0.39, 0.29) is 35.5 Å². The molecule has 3 amide bonds. The number of rotatable bonds is 7. The molecule has 1 atom stereocenters. The molecule has 0 radical (unpaired) electrons. The fourth-order valence-corrected chi connectivity index (χ4v) is 7.15. The maximum atomic E-state index is 13.0. The van der Waals surface area contributed by atoms with E-state index in [4.69, 9.17) is 5.73 Å². The number of amides is 3. The molecule has 8 nitrogen and oxygen atoms in total. The third-order valence-corrected chi connectivity index (χ3v) is 8.34. The van der Waals surface area contributed by atoms with Gasteiger partial charge in [0.25, 0.3) is 0 Å². The molecule has 2 heterocycles. The van der Waals surface area contributed by atoms with Crippen LogP contribution in [0.2, 0.25) is 0 Å². The highest BCUT2D eigenvalue weighted by atomic mass is 16.2. The van der Waals surface area contributed by atoms with E-state index >= 15 is 0 Å². The van der Waals surface area contributed by atoms with Crippen LogP contribution in [0.3, 0.4) is 0 Å². The highest BCUT2D eigenvalue weighted by molar-refractivity contribution is 5.91. The van der Waals surface area contributed by atoms with E-state index < -0.39 is 0 Å². The molecular formula is C25H35N5O3. The molecule has 8 heteroatoms. The second-order valence-electron chi connectivity index (χ2n) is 10.8. The Balaban J connectivity index is 1.08. The van der Waals surface area contributed by atoms with Crippen molar-refractivity contribution in [2.24, 2.45) is 34.8 Å². The summed E-state index contributed by atoms with van der Waals surface area (Å²) < 4.78 is 0. The van der Waals surface area contributed by atoms with Crippen LogP contribution in [0.5, 0.6) is 0 Å². The number of hydrogen-bond donors (Lipinski definition) is 3. The summed E-state index contributed by atoms with van der Waals surface area (Å²) >= 11 is 0. The van der Waals surface area contributed by atoms with E-state index in [0.29, 0.717) is 18.8 Å². The Morgan fingerprint density at radius 2 is 1.79 bits per heavy atom. The lowest BCUT2D eigenvalue weighted by Gasteiger charge is -2.55. The standard InChI is InChI=1S/C25H35N5O3/c26-23(32)19-2-1-7-30(15-19)21-4-3-20(14-28-21)29-22(31)5-6-27-24(33)25-11-16-8-17(12-25)10-18(9-16)13-25/h3-4,14,16-19H,1-2,5-13,15H2,(H2,26,32)(H,27,33)(H,29,31). The summed E-state index contributed by atoms with van der Waals surface area (Å²) in [5.41, 5.74) is 5.91. The topological polar surface area (TPSA) is 117 Å². The molecule has 4 N–H and O–H groups in total. The fraction of sp³-hybridized carbons (Fsp3) is 0.680. The Labute approximate surface area is 195 Å². The first-order chi connectivity index (χ1) is 15.9. The van der Waals surface area contributed by atoms with E-state index in [2.05, 4.69) is 20.5 Å². The van der Waals surface area contributed by atoms with Crippen LogP contribution in [-0.2, 0) is 14.4 Å². The number of hydrogen-bond acceptors (Lipinski definition) is 5. The van der Waals surface area contributed by atoms with Crippen molar-refractivity contribution in [2.45, 2.75) is 57.8 Å². The molecule has 4 bridgehead atoms. The van der Waals surface area contributed by atoms with Gasteiger partial charge in [-0.3, -0.25) is 14.4 Å². The van der Waals surface area contributed by atoms with Crippen molar-refractivity contribution in [3.8, 4) is 0 Å². The van der Waals surface area contributed by atoms with Crippen molar-refractivity contribution < 1.29 is 14.4 Å². The van der Waals surface area contributed by atoms with Gasteiger partial charge in [-0.25, -0.2) is 4.98 Å². The zero-order chi connectivity index (χ0) is 23.0. The van der Waals surface area contributed by atoms with Crippen molar-refractivity contribution in [1.82, 2.24) is 10.3 Å². The van der Waals surface area contributed by atoms with E-state index in [9.17, 15) is 14.4 Å². The molecule has 178 valence electrons. The van der Waals surface area contributed by atoms with E-state index in [1.807, 2.05) is 12.1 Å². The first-order valence-corrected chi connectivity index (χ1v) is 12.5. The first kappa shape index (κ1) is 22.2. The average Bonchev–Trinajstić information content (AvgIpc) is 2.78. The predicted octanol–water partition coefficient (Wildman–Crippen LogP) is 2.44. The molecule has 33 heavy (non-hydrogen) atoms. The van der Waals surface area contributed by atoms with E-state index in [1.165, 1.54) is 19.3 Å². The van der Waals surface area contributed by atoms with Crippen LogP contribution in [0.15, 0.2) is 18.3 Å². The third-order valence-electron chi connectivity index (χ3n) is 8.34. The van der Waals surface area contributed by atoms with Crippen molar-refractivity contribution in [1.29, 1.82) is 0 Å². The Kier molecular flexibility index (Phi) is 6.01. The van der Waals surface area contributed by atoms with Gasteiger partial charge < -0.3 is 21.3 Å². The van der Waals surface area contributed by atoms with Crippen LogP contribution < -0.4 is 21.3 Å². The zero-order valence-corrected chi connectivity index (χ0v) is 19.2. The van der Waals surface area contributed by atoms with Crippen LogP contribution in [0, 0.1) is 29.1 Å². The van der Waals surface area contributed by atoms with Crippen molar-refractivity contribution in [3.05, 3.63) is 18.3 Å². The Morgan fingerprint density at radius 3 is 2.39 bits per heavy atom. The van der Waals surface area contributed by atoms with Gasteiger partial charge in [0, 0.05) is 31.5 Å². The molecule has 1 unspecified atom stereocenters. The fourth-order valence-electron chi connectivity index (χ4n) is 7.15. The van der Waals surface area contributed by atoms with Gasteiger partial charge in [0.1, 0.15) is 5.82 Å². The summed E-state index contributed by atoms with van der Waals surface area (Å²) in [6, 6.07) is 3.68. The lowest BCUT2D eigenvalue weighted by molar-refractivity contribution is -0.146. The number of nitrogens with two attached hydrogens (primary N) is 1. The number of nitrogens with zero attached hydrogens (tertiary/aromatic N) is 2. The second-order valence-corrected chi connectivity index (χ2v) is 10.8. The molecule has 4 aliphatic carbocycles. The van der Waals surface area contributed by atoms with Gasteiger partial charge in [0.15, 0.2) is 0 Å². The predicted molar refractivity (Wildman–Crippen MR) is 125 cm³/mol. The lowest BCUT2D eigenvalue weighted by Crippen LogP contribution is -2.53. The molecule has 5 fully saturated rings. The summed E-state index contributed by atoms with van der Waals surface area (Å²) in [7, 11) is 0. The van der Waals surface area contributed by atoms with Gasteiger partial charge in [-0.2, -0.15) is 0 Å². The van der Waals surface area contributed by atoms with Crippen molar-refractivity contribution in [2.75, 3.05) is 29.9 Å². The van der Waals surface area contributed by atoms with E-state index in [1.54, 1.807) is 6.20 Å². The second kappa shape index (κ2) is 8.95. The summed E-state index contributed by atoms with van der Waals surface area (Å²) in [6.07, 6.45) is 10.6. The number of pyridine rings is 1. The minimum atomic E-state index is -0.265. The third kappa shape index (κ3) is 4.70. The number of anilines is 2. The Bertz CT molecular complexity index is 880. The molecule has 1 aromatic heterocycles. The summed E-state index contributed by atoms with van der Waals surface area (Å²) in [5, 5.41) is 5.92. The molecule has 0 aromatic carbocycles. The van der Waals surface area contributed by atoms with Gasteiger partial charge in [-0.05, 0) is 81.3 Å². The highest BCUT2D eigenvalue weighted by Crippen LogP contribution is 2.60. The van der Waals surface area contributed by atoms with Crippen molar-refractivity contribution >= 4 is 29.2 Å². The average molecular weight is 454 g/mol. The van der Waals surface area contributed by atoms with E-state index in [0.717, 1.165) is 62.2 Å². The molecule has 1 aliphatic heterocycles. The number of piperidine rings is 1. The van der Waals surface area contributed by atoms with Crippen LogP contribution in [0.4, 0.5) is 11.5 Å². The minimum Gasteiger partial charge on any atom is -0.369 e. The van der Waals surface area contributed by atoms with Gasteiger partial charge in [-0.15, -0.1) is 0 Å². The largest absolute Gasteiger partial charge is 0.369 e. The molecule has 5 aliphatic rings. The first-order valence-electron chi connectivity index (χ1n) is 12.5. The molecule has 1 aromatic rings. The molecular weight excluding hydrogens is 418 g/mol. The minimum absolute atomic E-state index is 0.137. The normalized spacial score (nSPS) is 32.4. The smallest absolute Gasteiger partial charge is 0.226 e. The Hall–Kier alpha value is -2.64. The lowest BCUT2D eigenvalue weighted by atomic mass is 9.49. The number of carbonyl (C=O) groups is 3. The van der Waals surface area contributed by atoms with Crippen LogP contribution in [-0.4, -0.2) is 42.3 Å². The van der Waals surface area contributed by atoms with Gasteiger partial charge >= 0.3 is 0 Å². The molecule has 4 saturated carbocycles. The summed E-state index contributed by atoms with van der Waals surface area (Å²) in [5.74, 6) is 2.58. The monoisotopic (exact) mass is 453 g/mol. The Morgan fingerprint density at radius 1 is 1.09 bits per heavy atom. The maximum absolute atomic E-state index is 13.0. The molecule has 1 saturated heterocycles. The van der Waals surface area contributed by atoms with Gasteiger partial charge in [0.2, 0.25) is 17.7 Å². The number of carbonyl (C=O) groups excluding carboxylic acids is 3. The zero-order valence-electron chi connectivity index (χ0n) is 19.2. The molecule has 0 spiro atoms. The molecule has 6 rings (SSSR count). The highest BCUT2D eigenvalue weighted by Gasteiger charge is 2.54. The van der Waals surface area contributed by atoms with Gasteiger partial charge in [-0.1, -0.05) is 0 Å². The number of primary amides is 1. The SMILES string of the molecule is NC(=O)C1CCCN(c2ccc(NC(=O)CCNC(=O)C34CC5CC(CC(C5)C3)C4)cn2)C1. The number of aromatic nitrogens is 1. The van der Waals surface area contributed by atoms with Crippen LogP contribution in [0.25, 0.3) is 0 Å². The van der Waals surface area contributed by atoms with Crippen LogP contribution in [0.1, 0.15) is 57.8 Å². The number of nitrogens with one attached hydrogen (secondary N) is 2. The summed E-state index contributed by atoms with van der Waals surface area (Å²) in [4.78, 5) is 43.4. The van der Waals surface area contributed by atoms with Crippen molar-refractivity contribution in [3.63, 3.8) is 0 Å². The summed E-state index contributed by atoms with van der Waals surface area (Å²) in [6.45, 7) is 1.78. The van der Waals surface area contributed by atoms with Crippen LogP contribution >= 0.6 is 0 Å².